The smallest absolute Gasteiger partial charge is 0.422 e. The average Bonchev–Trinajstić information content (AvgIpc) is 3.99. The maximum Gasteiger partial charge on any atom is 0.422 e. The molecule has 1 unspecified atom stereocenters. The van der Waals surface area contributed by atoms with E-state index in [1.165, 1.54) is 22.0 Å². The normalized spacial score (nSPS) is 15.9. The lowest BCUT2D eigenvalue weighted by Gasteiger charge is -2.49. The van der Waals surface area contributed by atoms with Crippen molar-refractivity contribution in [1.82, 2.24) is 24.6 Å². The molecule has 1 fully saturated rings. The van der Waals surface area contributed by atoms with Gasteiger partial charge >= 0.3 is 28.4 Å². The molecule has 3 heterocycles. The van der Waals surface area contributed by atoms with Crippen molar-refractivity contribution in [2.24, 2.45) is 5.16 Å². The Bertz CT molecular complexity index is 3150. The fraction of sp³-hybridized carbons (Fsp3) is 0.268. The van der Waals surface area contributed by atoms with E-state index in [1.807, 2.05) is 156 Å². The number of rotatable bonds is 19. The zero-order valence-electron chi connectivity index (χ0n) is 43.3. The number of thioether (sulfide) groups is 2. The number of esters is 1. The first kappa shape index (κ1) is 56.7. The summed E-state index contributed by atoms with van der Waals surface area (Å²) in [6, 6.07) is 45.1. The number of hydrogen-bond donors (Lipinski definition) is 4. The van der Waals surface area contributed by atoms with E-state index >= 15 is 0 Å². The fourth-order valence-corrected chi connectivity index (χ4v) is 12.3. The minimum atomic E-state index is -4.34. The zero-order chi connectivity index (χ0) is 55.7. The van der Waals surface area contributed by atoms with E-state index in [9.17, 15) is 32.4 Å². The lowest BCUT2D eigenvalue weighted by molar-refractivity contribution is -0.154. The molecule has 1 aromatic heterocycles. The van der Waals surface area contributed by atoms with Gasteiger partial charge in [-0.05, 0) is 52.7 Å². The van der Waals surface area contributed by atoms with Gasteiger partial charge in [0.15, 0.2) is 16.9 Å². The van der Waals surface area contributed by atoms with Crippen molar-refractivity contribution in [1.29, 1.82) is 0 Å². The quantitative estimate of drug-likeness (QED) is 0.0113. The van der Waals surface area contributed by atoms with Crippen LogP contribution in [0.15, 0.2) is 173 Å². The average molecular weight is 1130 g/mol. The fourth-order valence-electron chi connectivity index (χ4n) is 8.27. The number of hydrogen-bond acceptors (Lipinski definition) is 16. The number of oxime groups is 1. The third kappa shape index (κ3) is 14.0. The lowest BCUT2D eigenvalue weighted by atomic mass is 9.80. The number of amides is 4. The van der Waals surface area contributed by atoms with Gasteiger partial charge in [0.2, 0.25) is 5.60 Å². The molecule has 2 atom stereocenters. The molecular formula is C56H57N7O11S4. The first-order valence-electron chi connectivity index (χ1n) is 24.5. The minimum Gasteiger partial charge on any atom is -0.448 e. The van der Waals surface area contributed by atoms with Gasteiger partial charge in [-0.25, -0.2) is 24.1 Å². The van der Waals surface area contributed by atoms with Crippen LogP contribution in [0.4, 0.5) is 14.7 Å². The van der Waals surface area contributed by atoms with Gasteiger partial charge in [0.25, 0.3) is 11.8 Å². The number of aromatic nitrogens is 1. The Morgan fingerprint density at radius 3 is 1.76 bits per heavy atom. The molecule has 406 valence electrons. The van der Waals surface area contributed by atoms with Gasteiger partial charge in [-0.3, -0.25) is 19.8 Å². The van der Waals surface area contributed by atoms with E-state index in [0.717, 1.165) is 23.1 Å². The summed E-state index contributed by atoms with van der Waals surface area (Å²) in [6.07, 6.45) is -2.83. The predicted octanol–water partition coefficient (Wildman–Crippen LogP) is 9.24. The largest absolute Gasteiger partial charge is 0.448 e. The molecule has 2 aliphatic rings. The van der Waals surface area contributed by atoms with Gasteiger partial charge < -0.3 is 24.4 Å². The van der Waals surface area contributed by atoms with Gasteiger partial charge in [0, 0.05) is 45.0 Å². The van der Waals surface area contributed by atoms with Crippen LogP contribution in [-0.2, 0) is 49.2 Å². The Kier molecular flexibility index (Phi) is 17.8. The van der Waals surface area contributed by atoms with Crippen LogP contribution in [0.2, 0.25) is 0 Å². The minimum absolute atomic E-state index is 0.000739. The maximum absolute atomic E-state index is 15.0. The molecule has 8 rings (SSSR count). The molecule has 0 spiro atoms. The number of nitrogens with one attached hydrogen (secondary N) is 4. The summed E-state index contributed by atoms with van der Waals surface area (Å²) in [5.41, 5.74) is -0.273. The first-order chi connectivity index (χ1) is 37.2. The summed E-state index contributed by atoms with van der Waals surface area (Å²) in [7, 11) is -4.34. The summed E-state index contributed by atoms with van der Waals surface area (Å²) in [6.45, 7) is 9.74. The van der Waals surface area contributed by atoms with Gasteiger partial charge in [0.05, 0.1) is 0 Å². The van der Waals surface area contributed by atoms with Crippen molar-refractivity contribution in [3.05, 3.63) is 201 Å². The summed E-state index contributed by atoms with van der Waals surface area (Å²) >= 11 is 3.39. The predicted molar refractivity (Wildman–Crippen MR) is 300 cm³/mol. The molecule has 22 heteroatoms. The highest BCUT2D eigenvalue weighted by molar-refractivity contribution is 8.06. The second kappa shape index (κ2) is 24.4. The second-order valence-corrected chi connectivity index (χ2v) is 24.2. The molecule has 0 bridgehead atoms. The number of anilines is 1. The zero-order valence-corrected chi connectivity index (χ0v) is 46.6. The van der Waals surface area contributed by atoms with Crippen molar-refractivity contribution >= 4 is 85.9 Å². The highest BCUT2D eigenvalue weighted by Gasteiger charge is 2.55. The number of benzene rings is 5. The summed E-state index contributed by atoms with van der Waals surface area (Å²) in [4.78, 5) is 82.7. The lowest BCUT2D eigenvalue weighted by Crippen LogP contribution is -2.71. The van der Waals surface area contributed by atoms with Crippen LogP contribution in [0.25, 0.3) is 0 Å². The molecule has 78 heavy (non-hydrogen) atoms. The third-order valence-electron chi connectivity index (χ3n) is 11.5. The standard InChI is InChI=1S/C56H57N7O11S4/c1-54(2,3)72-52(67)60-51-58-41(34-77-51)43(61-74-56(38-26-16-9-17-27-38,39-28-18-10-19-29-39)40-30-20-11-21-31-40)47(64)59-44-48(65)63-45(50(66)71-46(36-22-12-7-13-23-36)37-24-14-8-15-25-37)42(35-76-49(44)63)75-33-32-57-78(69,70)62-53(68)73-55(4,5)6/h7-31,34,44,46,49,57H,32-33,35H2,1-6H3,(H,59,64)(H,62,68)(H,58,60,67)/b61-43-/t44?,49-/m1/s1. The first-order valence-corrected chi connectivity index (χ1v) is 28.9. The van der Waals surface area contributed by atoms with Crippen LogP contribution < -0.4 is 20.1 Å². The van der Waals surface area contributed by atoms with Crippen molar-refractivity contribution in [3.63, 3.8) is 0 Å². The summed E-state index contributed by atoms with van der Waals surface area (Å²) in [5.74, 6) is -2.15. The van der Waals surface area contributed by atoms with Gasteiger partial charge in [-0.2, -0.15) is 13.1 Å². The van der Waals surface area contributed by atoms with Crippen LogP contribution in [0.5, 0.6) is 0 Å². The van der Waals surface area contributed by atoms with E-state index < -0.39 is 74.5 Å². The molecule has 6 aromatic rings. The van der Waals surface area contributed by atoms with Crippen LogP contribution in [0.3, 0.4) is 0 Å². The maximum atomic E-state index is 15.0. The van der Waals surface area contributed by atoms with Crippen molar-refractivity contribution in [2.75, 3.05) is 23.4 Å². The molecule has 5 aromatic carbocycles. The Hall–Kier alpha value is -7.50. The molecule has 0 saturated carbocycles. The van der Waals surface area contributed by atoms with Gasteiger partial charge in [0.1, 0.15) is 34.0 Å². The number of nitrogens with zero attached hydrogens (tertiary/aromatic N) is 3. The summed E-state index contributed by atoms with van der Waals surface area (Å²) in [5, 5.41) is 10.9. The van der Waals surface area contributed by atoms with E-state index in [0.29, 0.717) is 32.7 Å². The number of thiazole rings is 1. The van der Waals surface area contributed by atoms with Crippen LogP contribution in [0, 0.1) is 0 Å². The number of ether oxygens (including phenoxy) is 3. The highest BCUT2D eigenvalue weighted by atomic mass is 32.2. The monoisotopic (exact) mass is 1130 g/mol. The molecule has 2 aliphatic heterocycles. The molecule has 18 nitrogen and oxygen atoms in total. The van der Waals surface area contributed by atoms with E-state index in [4.69, 9.17) is 19.0 Å². The Morgan fingerprint density at radius 2 is 1.24 bits per heavy atom. The van der Waals surface area contributed by atoms with Crippen LogP contribution in [-0.4, -0.2) is 94.7 Å². The molecule has 0 aliphatic carbocycles. The van der Waals surface area contributed by atoms with Crippen LogP contribution >= 0.6 is 34.9 Å². The number of carbonyl (C=O) groups excluding carboxylic acids is 5. The third-order valence-corrected chi connectivity index (χ3v) is 15.8. The van der Waals surface area contributed by atoms with E-state index in [1.54, 1.807) is 41.5 Å². The molecule has 4 N–H and O–H groups in total. The van der Waals surface area contributed by atoms with E-state index in [2.05, 4.69) is 25.5 Å². The SMILES string of the molecule is CC(C)(C)OC(=O)Nc1nc(/C(=N/OC(c2ccccc2)(c2ccccc2)c2ccccc2)C(=O)NC2C(=O)N3C(C(=O)OC(c4ccccc4)c4ccccc4)=C(SCCNS(=O)(=O)NC(=O)OC(C)(C)C)CS[C@H]23)cs1. The summed E-state index contributed by atoms with van der Waals surface area (Å²) < 4.78 is 46.5. The number of β-lactam (4-membered cyclic amide) rings is 1. The number of carbonyl (C=O) groups is 5. The van der Waals surface area contributed by atoms with Crippen molar-refractivity contribution in [3.8, 4) is 0 Å². The molecule has 4 amide bonds. The molecular weight excluding hydrogens is 1070 g/mol. The van der Waals surface area contributed by atoms with Crippen LogP contribution in [0.1, 0.15) is 81.2 Å². The van der Waals surface area contributed by atoms with Crippen molar-refractivity contribution < 1.29 is 51.4 Å². The highest BCUT2D eigenvalue weighted by Crippen LogP contribution is 2.45. The van der Waals surface area contributed by atoms with Gasteiger partial charge in [-0.1, -0.05) is 157 Å². The Balaban J connectivity index is 1.12. The second-order valence-electron chi connectivity index (χ2n) is 19.6. The molecule has 0 radical (unpaired) electrons. The topological polar surface area (TPSA) is 233 Å². The van der Waals surface area contributed by atoms with E-state index in [-0.39, 0.29) is 40.3 Å². The number of fused-ring (bicyclic) bond motifs is 1. The Labute approximate surface area is 464 Å². The van der Waals surface area contributed by atoms with Gasteiger partial charge in [-0.15, -0.1) is 34.9 Å². The Morgan fingerprint density at radius 1 is 0.744 bits per heavy atom. The van der Waals surface area contributed by atoms with Crippen molar-refractivity contribution in [2.45, 2.75) is 75.9 Å². The molecule has 1 saturated heterocycles.